The average molecular weight is 223 g/mol. The number of unbranched alkanes of at least 4 members (excludes halogenated alkanes) is 1. The fourth-order valence-corrected chi connectivity index (χ4v) is 1.71. The van der Waals surface area contributed by atoms with Crippen molar-refractivity contribution in [3.8, 4) is 0 Å². The average Bonchev–Trinajstić information content (AvgIpc) is 2.29. The molecule has 0 saturated heterocycles. The Balaban J connectivity index is 3.34. The van der Waals surface area contributed by atoms with Crippen molar-refractivity contribution >= 4 is 0 Å². The van der Waals surface area contributed by atoms with Crippen molar-refractivity contribution < 1.29 is 0 Å². The zero-order chi connectivity index (χ0) is 12.2. The number of hydrogen-bond acceptors (Lipinski definition) is 1. The van der Waals surface area contributed by atoms with Crippen LogP contribution in [0, 0.1) is 5.92 Å². The number of nitrogens with one attached hydrogen (secondary N) is 1. The van der Waals surface area contributed by atoms with Gasteiger partial charge in [-0.3, -0.25) is 0 Å². The summed E-state index contributed by atoms with van der Waals surface area (Å²) in [5.74, 6) is 0.827. The van der Waals surface area contributed by atoms with Gasteiger partial charge in [0.1, 0.15) is 0 Å². The Labute approximate surface area is 102 Å². The highest BCUT2D eigenvalue weighted by Crippen LogP contribution is 2.14. The molecule has 0 aromatic heterocycles. The second-order valence-electron chi connectivity index (χ2n) is 4.69. The van der Waals surface area contributed by atoms with Gasteiger partial charge in [0.15, 0.2) is 0 Å². The summed E-state index contributed by atoms with van der Waals surface area (Å²) in [6, 6.07) is 0. The van der Waals surface area contributed by atoms with E-state index in [4.69, 9.17) is 0 Å². The molecule has 0 rings (SSSR count). The van der Waals surface area contributed by atoms with E-state index in [9.17, 15) is 0 Å². The van der Waals surface area contributed by atoms with Crippen LogP contribution in [0.3, 0.4) is 0 Å². The molecule has 16 heavy (non-hydrogen) atoms. The maximum atomic E-state index is 4.04. The molecule has 1 nitrogen and oxygen atoms in total. The van der Waals surface area contributed by atoms with Gasteiger partial charge in [-0.2, -0.15) is 0 Å². The van der Waals surface area contributed by atoms with E-state index >= 15 is 0 Å². The van der Waals surface area contributed by atoms with Crippen LogP contribution in [0.4, 0.5) is 0 Å². The molecule has 0 aliphatic carbocycles. The number of rotatable bonds is 10. The third-order valence-electron chi connectivity index (χ3n) is 2.82. The molecule has 1 heteroatoms. The quantitative estimate of drug-likeness (QED) is 0.419. The summed E-state index contributed by atoms with van der Waals surface area (Å²) in [4.78, 5) is 0. The van der Waals surface area contributed by atoms with Gasteiger partial charge in [-0.25, -0.2) is 0 Å². The first kappa shape index (κ1) is 15.3. The summed E-state index contributed by atoms with van der Waals surface area (Å²) in [5.41, 5.74) is 1.21. The molecule has 1 atom stereocenters. The standard InChI is InChI=1S/C15H29N/c1-5-7-10-14(3)11-8-9-12-15(4)16-13-6-2/h5,7,14,16H,4,6,8-13H2,1-3H3. The Morgan fingerprint density at radius 1 is 1.38 bits per heavy atom. The van der Waals surface area contributed by atoms with Gasteiger partial charge >= 0.3 is 0 Å². The predicted octanol–water partition coefficient (Wildman–Crippen LogP) is 4.66. The number of allylic oxidation sites excluding steroid dienone is 3. The minimum Gasteiger partial charge on any atom is -0.389 e. The van der Waals surface area contributed by atoms with Crippen molar-refractivity contribution in [1.82, 2.24) is 5.32 Å². The molecule has 0 fully saturated rings. The normalized spacial score (nSPS) is 12.9. The minimum atomic E-state index is 0.827. The van der Waals surface area contributed by atoms with E-state index in [0.29, 0.717) is 0 Å². The van der Waals surface area contributed by atoms with Crippen LogP contribution in [0.1, 0.15) is 59.3 Å². The molecule has 0 spiro atoms. The fourth-order valence-electron chi connectivity index (χ4n) is 1.71. The highest BCUT2D eigenvalue weighted by Gasteiger charge is 2.00. The smallest absolute Gasteiger partial charge is 0.0141 e. The van der Waals surface area contributed by atoms with Gasteiger partial charge in [0.25, 0.3) is 0 Å². The van der Waals surface area contributed by atoms with Gasteiger partial charge < -0.3 is 5.32 Å². The molecule has 0 radical (unpaired) electrons. The summed E-state index contributed by atoms with van der Waals surface area (Å²) < 4.78 is 0. The zero-order valence-electron chi connectivity index (χ0n) is 11.4. The lowest BCUT2D eigenvalue weighted by molar-refractivity contribution is 0.499. The zero-order valence-corrected chi connectivity index (χ0v) is 11.4. The Hall–Kier alpha value is -0.720. The molecule has 94 valence electrons. The first-order valence-corrected chi connectivity index (χ1v) is 6.73. The lowest BCUT2D eigenvalue weighted by Gasteiger charge is -2.10. The second kappa shape index (κ2) is 10.8. The van der Waals surface area contributed by atoms with Gasteiger partial charge in [-0.05, 0) is 38.5 Å². The van der Waals surface area contributed by atoms with Gasteiger partial charge in [0.05, 0.1) is 0 Å². The van der Waals surface area contributed by atoms with Crippen molar-refractivity contribution in [2.24, 2.45) is 5.92 Å². The van der Waals surface area contributed by atoms with E-state index < -0.39 is 0 Å². The molecule has 0 heterocycles. The Bertz CT molecular complexity index is 194. The Morgan fingerprint density at radius 2 is 2.12 bits per heavy atom. The summed E-state index contributed by atoms with van der Waals surface area (Å²) in [6.45, 7) is 11.7. The van der Waals surface area contributed by atoms with Crippen LogP contribution in [0.5, 0.6) is 0 Å². The van der Waals surface area contributed by atoms with Gasteiger partial charge in [0.2, 0.25) is 0 Å². The van der Waals surface area contributed by atoms with Crippen LogP contribution in [0.25, 0.3) is 0 Å². The van der Waals surface area contributed by atoms with E-state index in [0.717, 1.165) is 18.9 Å². The third-order valence-corrected chi connectivity index (χ3v) is 2.82. The molecule has 1 N–H and O–H groups in total. The summed E-state index contributed by atoms with van der Waals surface area (Å²) >= 11 is 0. The highest BCUT2D eigenvalue weighted by molar-refractivity contribution is 4.90. The van der Waals surface area contributed by atoms with Gasteiger partial charge in [-0.1, -0.05) is 45.4 Å². The molecule has 0 aromatic carbocycles. The van der Waals surface area contributed by atoms with Gasteiger partial charge in [-0.15, -0.1) is 0 Å². The molecule has 1 unspecified atom stereocenters. The second-order valence-corrected chi connectivity index (χ2v) is 4.69. The molecule has 0 amide bonds. The third kappa shape index (κ3) is 9.82. The SMILES string of the molecule is C=C(CCCCC(C)CC=CC)NCCC. The first-order valence-electron chi connectivity index (χ1n) is 6.73. The molecule has 0 aromatic rings. The first-order chi connectivity index (χ1) is 7.70. The van der Waals surface area contributed by atoms with Crippen molar-refractivity contribution in [2.75, 3.05) is 6.54 Å². The maximum Gasteiger partial charge on any atom is 0.0141 e. The van der Waals surface area contributed by atoms with E-state index in [1.165, 1.54) is 37.8 Å². The Morgan fingerprint density at radius 3 is 2.75 bits per heavy atom. The van der Waals surface area contributed by atoms with Crippen molar-refractivity contribution in [3.63, 3.8) is 0 Å². The minimum absolute atomic E-state index is 0.827. The van der Waals surface area contributed by atoms with Crippen LogP contribution in [0.2, 0.25) is 0 Å². The predicted molar refractivity (Wildman–Crippen MR) is 74.5 cm³/mol. The maximum absolute atomic E-state index is 4.04. The molecule has 0 bridgehead atoms. The van der Waals surface area contributed by atoms with Crippen LogP contribution in [-0.4, -0.2) is 6.54 Å². The van der Waals surface area contributed by atoms with E-state index in [-0.39, 0.29) is 0 Å². The lowest BCUT2D eigenvalue weighted by atomic mass is 9.99. The summed E-state index contributed by atoms with van der Waals surface area (Å²) in [5, 5.41) is 3.35. The highest BCUT2D eigenvalue weighted by atomic mass is 14.9. The van der Waals surface area contributed by atoms with Crippen LogP contribution in [-0.2, 0) is 0 Å². The fraction of sp³-hybridized carbons (Fsp3) is 0.733. The molecule has 0 aliphatic rings. The number of hydrogen-bond donors (Lipinski definition) is 1. The topological polar surface area (TPSA) is 12.0 Å². The van der Waals surface area contributed by atoms with Crippen molar-refractivity contribution in [3.05, 3.63) is 24.4 Å². The van der Waals surface area contributed by atoms with Crippen LogP contribution < -0.4 is 5.32 Å². The van der Waals surface area contributed by atoms with Crippen molar-refractivity contribution in [1.29, 1.82) is 0 Å². The van der Waals surface area contributed by atoms with E-state index in [1.54, 1.807) is 0 Å². The molecule has 0 aliphatic heterocycles. The largest absolute Gasteiger partial charge is 0.389 e. The van der Waals surface area contributed by atoms with Crippen LogP contribution in [0.15, 0.2) is 24.4 Å². The molecule has 0 saturated carbocycles. The summed E-state index contributed by atoms with van der Waals surface area (Å²) in [6.07, 6.45) is 11.9. The molecular formula is C15H29N. The lowest BCUT2D eigenvalue weighted by Crippen LogP contribution is -2.12. The monoisotopic (exact) mass is 223 g/mol. The summed E-state index contributed by atoms with van der Waals surface area (Å²) in [7, 11) is 0. The van der Waals surface area contributed by atoms with Crippen molar-refractivity contribution in [2.45, 2.75) is 59.3 Å². The molecular weight excluding hydrogens is 194 g/mol. The van der Waals surface area contributed by atoms with Gasteiger partial charge in [0, 0.05) is 12.2 Å². The van der Waals surface area contributed by atoms with Crippen LogP contribution >= 0.6 is 0 Å². The van der Waals surface area contributed by atoms with E-state index in [2.05, 4.69) is 44.8 Å². The Kier molecular flexibility index (Phi) is 10.3. The van der Waals surface area contributed by atoms with E-state index in [1.807, 2.05) is 0 Å².